The highest BCUT2D eigenvalue weighted by Gasteiger charge is 2.14. The van der Waals surface area contributed by atoms with Crippen LogP contribution in [0.3, 0.4) is 0 Å². The highest BCUT2D eigenvalue weighted by Crippen LogP contribution is 2.28. The maximum absolute atomic E-state index is 12.0. The molecule has 3 rings (SSSR count). The van der Waals surface area contributed by atoms with Crippen molar-refractivity contribution in [2.75, 3.05) is 11.1 Å². The lowest BCUT2D eigenvalue weighted by Gasteiger charge is -2.12. The zero-order valence-electron chi connectivity index (χ0n) is 15.6. The molecule has 0 saturated carbocycles. The van der Waals surface area contributed by atoms with Gasteiger partial charge in [0.05, 0.1) is 5.69 Å². The van der Waals surface area contributed by atoms with E-state index in [4.69, 9.17) is 11.5 Å². The molecule has 3 amide bonds. The minimum atomic E-state index is -0.801. The van der Waals surface area contributed by atoms with Crippen LogP contribution in [-0.4, -0.2) is 32.9 Å². The van der Waals surface area contributed by atoms with E-state index in [1.165, 1.54) is 6.92 Å². The fraction of sp³-hybridized carbons (Fsp3) is 0.211. The van der Waals surface area contributed by atoms with Crippen molar-refractivity contribution in [2.45, 2.75) is 26.3 Å². The third kappa shape index (κ3) is 3.98. The molecule has 3 heterocycles. The van der Waals surface area contributed by atoms with Crippen molar-refractivity contribution in [1.29, 1.82) is 0 Å². The summed E-state index contributed by atoms with van der Waals surface area (Å²) < 4.78 is 0. The molecule has 0 bridgehead atoms. The normalized spacial score (nSPS) is 11.8. The van der Waals surface area contributed by atoms with Crippen LogP contribution in [0.5, 0.6) is 0 Å². The number of nitrogens with zero attached hydrogens (tertiary/aromatic N) is 3. The van der Waals surface area contributed by atoms with Crippen LogP contribution in [0, 0.1) is 0 Å². The number of aromatic nitrogens is 3. The van der Waals surface area contributed by atoms with E-state index in [-0.39, 0.29) is 0 Å². The van der Waals surface area contributed by atoms with E-state index in [1.54, 1.807) is 24.7 Å². The van der Waals surface area contributed by atoms with Crippen LogP contribution < -0.4 is 22.1 Å². The Hall–Kier alpha value is -3.75. The zero-order chi connectivity index (χ0) is 20.3. The Kier molecular flexibility index (Phi) is 5.35. The van der Waals surface area contributed by atoms with Crippen LogP contribution in [0.1, 0.15) is 19.4 Å². The van der Waals surface area contributed by atoms with E-state index in [1.807, 2.05) is 12.1 Å². The molecule has 0 unspecified atom stereocenters. The van der Waals surface area contributed by atoms with Crippen LogP contribution in [0.25, 0.3) is 22.0 Å². The summed E-state index contributed by atoms with van der Waals surface area (Å²) in [6.07, 6.45) is 5.87. The Bertz CT molecular complexity index is 1050. The minimum absolute atomic E-state index is 0.306. The smallest absolute Gasteiger partial charge is 0.321 e. The molecule has 144 valence electrons. The van der Waals surface area contributed by atoms with Gasteiger partial charge in [-0.05, 0) is 42.5 Å². The highest BCUT2D eigenvalue weighted by atomic mass is 16.2. The van der Waals surface area contributed by atoms with Gasteiger partial charge in [-0.1, -0.05) is 6.92 Å². The number of aryl methyl sites for hydroxylation is 1. The molecule has 3 aromatic heterocycles. The Morgan fingerprint density at radius 1 is 1.25 bits per heavy atom. The quantitative estimate of drug-likeness (QED) is 0.531. The van der Waals surface area contributed by atoms with Crippen LogP contribution in [-0.2, 0) is 11.2 Å². The van der Waals surface area contributed by atoms with E-state index in [9.17, 15) is 9.59 Å². The molecular formula is C19H21N7O2. The predicted molar refractivity (Wildman–Crippen MR) is 107 cm³/mol. The average molecular weight is 379 g/mol. The van der Waals surface area contributed by atoms with Gasteiger partial charge in [0.2, 0.25) is 5.91 Å². The molecule has 9 nitrogen and oxygen atoms in total. The van der Waals surface area contributed by atoms with Crippen LogP contribution in [0.2, 0.25) is 0 Å². The van der Waals surface area contributed by atoms with Gasteiger partial charge < -0.3 is 16.8 Å². The Morgan fingerprint density at radius 3 is 2.75 bits per heavy atom. The van der Waals surface area contributed by atoms with Crippen molar-refractivity contribution in [3.63, 3.8) is 0 Å². The molecule has 9 heteroatoms. The van der Waals surface area contributed by atoms with Gasteiger partial charge in [-0.25, -0.2) is 14.8 Å². The standard InChI is InChI=1S/C19H21N7O2/c1-3-11-4-5-22-8-13(11)15-6-12-7-16(23-9-14(12)17(20)25-15)26-19(28)24-10(2)18(21)27/h4-10H,3H2,1-2H3,(H2,20,25)(H2,21,27)(H2,23,24,26,28)/t10-/m0/s1. The van der Waals surface area contributed by atoms with E-state index < -0.39 is 18.0 Å². The number of urea groups is 1. The van der Waals surface area contributed by atoms with E-state index in [2.05, 4.69) is 32.5 Å². The number of amides is 3. The molecule has 1 atom stereocenters. The first kappa shape index (κ1) is 19.0. The molecule has 3 aromatic rings. The summed E-state index contributed by atoms with van der Waals surface area (Å²) in [5, 5.41) is 6.44. The largest absolute Gasteiger partial charge is 0.383 e. The highest BCUT2D eigenvalue weighted by molar-refractivity contribution is 5.97. The summed E-state index contributed by atoms with van der Waals surface area (Å²) >= 11 is 0. The van der Waals surface area contributed by atoms with Gasteiger partial charge in [-0.3, -0.25) is 15.1 Å². The second-order valence-corrected chi connectivity index (χ2v) is 6.29. The molecular weight excluding hydrogens is 358 g/mol. The van der Waals surface area contributed by atoms with Crippen LogP contribution >= 0.6 is 0 Å². The number of hydrogen-bond acceptors (Lipinski definition) is 6. The average Bonchev–Trinajstić information content (AvgIpc) is 2.67. The van der Waals surface area contributed by atoms with Gasteiger partial charge in [0.25, 0.3) is 0 Å². The minimum Gasteiger partial charge on any atom is -0.383 e. The number of primary amides is 1. The number of nitrogens with one attached hydrogen (secondary N) is 2. The summed E-state index contributed by atoms with van der Waals surface area (Å²) in [4.78, 5) is 35.9. The lowest BCUT2D eigenvalue weighted by Crippen LogP contribution is -2.44. The van der Waals surface area contributed by atoms with Crippen molar-refractivity contribution < 1.29 is 9.59 Å². The van der Waals surface area contributed by atoms with Crippen molar-refractivity contribution in [1.82, 2.24) is 20.3 Å². The molecule has 0 fully saturated rings. The Labute approximate surface area is 161 Å². The van der Waals surface area contributed by atoms with Gasteiger partial charge >= 0.3 is 6.03 Å². The van der Waals surface area contributed by atoms with Gasteiger partial charge in [0.1, 0.15) is 17.7 Å². The summed E-state index contributed by atoms with van der Waals surface area (Å²) in [5.41, 5.74) is 14.0. The lowest BCUT2D eigenvalue weighted by molar-refractivity contribution is -0.119. The monoisotopic (exact) mass is 379 g/mol. The number of hydrogen-bond donors (Lipinski definition) is 4. The molecule has 0 aromatic carbocycles. The van der Waals surface area contributed by atoms with E-state index in [0.29, 0.717) is 22.7 Å². The lowest BCUT2D eigenvalue weighted by atomic mass is 10.0. The Balaban J connectivity index is 1.95. The van der Waals surface area contributed by atoms with Crippen molar-refractivity contribution >= 4 is 34.3 Å². The topological polar surface area (TPSA) is 149 Å². The fourth-order valence-electron chi connectivity index (χ4n) is 2.76. The third-order valence-corrected chi connectivity index (χ3v) is 4.33. The zero-order valence-corrected chi connectivity index (χ0v) is 15.6. The molecule has 0 aliphatic rings. The third-order valence-electron chi connectivity index (χ3n) is 4.33. The van der Waals surface area contributed by atoms with Crippen molar-refractivity contribution in [3.8, 4) is 11.3 Å². The second kappa shape index (κ2) is 7.87. The maximum atomic E-state index is 12.0. The molecule has 0 radical (unpaired) electrons. The molecule has 0 saturated heterocycles. The maximum Gasteiger partial charge on any atom is 0.321 e. The van der Waals surface area contributed by atoms with Gasteiger partial charge in [0, 0.05) is 29.5 Å². The van der Waals surface area contributed by atoms with Crippen LogP contribution in [0.4, 0.5) is 16.4 Å². The molecule has 28 heavy (non-hydrogen) atoms. The second-order valence-electron chi connectivity index (χ2n) is 6.29. The molecule has 0 aliphatic carbocycles. The molecule has 0 spiro atoms. The number of nitrogen functional groups attached to an aromatic ring is 1. The summed E-state index contributed by atoms with van der Waals surface area (Å²) in [7, 11) is 0. The number of fused-ring (bicyclic) bond motifs is 1. The number of pyridine rings is 3. The first-order valence-electron chi connectivity index (χ1n) is 8.75. The molecule has 0 aliphatic heterocycles. The summed E-state index contributed by atoms with van der Waals surface area (Å²) in [6, 6.07) is 4.12. The Morgan fingerprint density at radius 2 is 2.04 bits per heavy atom. The number of carbonyl (C=O) groups excluding carboxylic acids is 2. The molecule has 6 N–H and O–H groups in total. The number of carbonyl (C=O) groups is 2. The van der Waals surface area contributed by atoms with Crippen molar-refractivity contribution in [2.24, 2.45) is 5.73 Å². The van der Waals surface area contributed by atoms with E-state index in [0.717, 1.165) is 22.9 Å². The SMILES string of the molecule is CCc1ccncc1-c1cc2cc(NC(=O)N[C@@H](C)C(N)=O)ncc2c(N)n1. The van der Waals surface area contributed by atoms with Gasteiger partial charge in [0.15, 0.2) is 0 Å². The van der Waals surface area contributed by atoms with E-state index >= 15 is 0 Å². The number of rotatable bonds is 5. The van der Waals surface area contributed by atoms with Gasteiger partial charge in [-0.2, -0.15) is 0 Å². The van der Waals surface area contributed by atoms with Crippen molar-refractivity contribution in [3.05, 3.63) is 42.4 Å². The summed E-state index contributed by atoms with van der Waals surface area (Å²) in [5.74, 6) is 0.0117. The number of anilines is 2. The number of nitrogens with two attached hydrogens (primary N) is 2. The first-order chi connectivity index (χ1) is 13.4. The van der Waals surface area contributed by atoms with Gasteiger partial charge in [-0.15, -0.1) is 0 Å². The summed E-state index contributed by atoms with van der Waals surface area (Å²) in [6.45, 7) is 3.55. The predicted octanol–water partition coefficient (Wildman–Crippen LogP) is 1.83. The van der Waals surface area contributed by atoms with Crippen LogP contribution in [0.15, 0.2) is 36.8 Å². The fourth-order valence-corrected chi connectivity index (χ4v) is 2.76. The first-order valence-corrected chi connectivity index (χ1v) is 8.75.